The van der Waals surface area contributed by atoms with Crippen molar-refractivity contribution >= 4 is 11.7 Å². The quantitative estimate of drug-likeness (QED) is 0.906. The van der Waals surface area contributed by atoms with Gasteiger partial charge in [-0.1, -0.05) is 0 Å². The van der Waals surface area contributed by atoms with E-state index in [2.05, 4.69) is 20.4 Å². The van der Waals surface area contributed by atoms with E-state index in [4.69, 9.17) is 0 Å². The van der Waals surface area contributed by atoms with Crippen molar-refractivity contribution in [1.29, 1.82) is 0 Å². The molecule has 1 saturated heterocycles. The van der Waals surface area contributed by atoms with Crippen molar-refractivity contribution in [2.75, 3.05) is 18.0 Å². The van der Waals surface area contributed by atoms with Crippen LogP contribution >= 0.6 is 0 Å². The molecule has 5 aliphatic rings. The van der Waals surface area contributed by atoms with Crippen LogP contribution in [0.4, 0.5) is 5.82 Å². The van der Waals surface area contributed by atoms with Crippen LogP contribution in [0.1, 0.15) is 57.1 Å². The number of hydrogen-bond acceptors (Lipinski definition) is 4. The Morgan fingerprint density at radius 2 is 1.65 bits per heavy atom. The van der Waals surface area contributed by atoms with Crippen LogP contribution in [0.3, 0.4) is 0 Å². The van der Waals surface area contributed by atoms with Crippen LogP contribution in [0.25, 0.3) is 0 Å². The van der Waals surface area contributed by atoms with Gasteiger partial charge in [-0.2, -0.15) is 5.10 Å². The minimum Gasteiger partial charge on any atom is -0.355 e. The second-order valence-electron chi connectivity index (χ2n) is 9.48. The van der Waals surface area contributed by atoms with Crippen LogP contribution in [0.5, 0.6) is 0 Å². The number of amides is 1. The molecular formula is C21H30N4O. The van der Waals surface area contributed by atoms with Crippen molar-refractivity contribution in [2.24, 2.45) is 23.7 Å². The molecule has 5 nitrogen and oxygen atoms in total. The Labute approximate surface area is 155 Å². The van der Waals surface area contributed by atoms with E-state index in [1.54, 1.807) is 0 Å². The molecule has 4 bridgehead atoms. The zero-order chi connectivity index (χ0) is 17.7. The van der Waals surface area contributed by atoms with Crippen LogP contribution in [-0.2, 0) is 4.79 Å². The van der Waals surface area contributed by atoms with Gasteiger partial charge in [0.1, 0.15) is 0 Å². The Morgan fingerprint density at radius 3 is 2.19 bits per heavy atom. The predicted molar refractivity (Wildman–Crippen MR) is 101 cm³/mol. The molecule has 6 rings (SSSR count). The Kier molecular flexibility index (Phi) is 3.94. The van der Waals surface area contributed by atoms with Crippen LogP contribution in [0.15, 0.2) is 12.1 Å². The third-order valence-corrected chi connectivity index (χ3v) is 7.40. The van der Waals surface area contributed by atoms with Crippen molar-refractivity contribution in [3.05, 3.63) is 17.8 Å². The number of carbonyl (C=O) groups is 1. The lowest BCUT2D eigenvalue weighted by Crippen LogP contribution is -2.61. The van der Waals surface area contributed by atoms with Gasteiger partial charge in [0.25, 0.3) is 0 Å². The highest BCUT2D eigenvalue weighted by Gasteiger charge is 2.51. The van der Waals surface area contributed by atoms with E-state index in [1.165, 1.54) is 38.5 Å². The molecule has 1 amide bonds. The largest absolute Gasteiger partial charge is 0.355 e. The van der Waals surface area contributed by atoms with Crippen LogP contribution in [0.2, 0.25) is 0 Å². The first-order chi connectivity index (χ1) is 12.6. The first kappa shape index (κ1) is 16.5. The van der Waals surface area contributed by atoms with E-state index in [-0.39, 0.29) is 11.5 Å². The summed E-state index contributed by atoms with van der Waals surface area (Å²) in [6, 6.07) is 4.05. The number of aryl methyl sites for hydroxylation is 1. The molecule has 1 aromatic rings. The molecule has 0 spiro atoms. The topological polar surface area (TPSA) is 58.1 Å². The second kappa shape index (κ2) is 6.21. The fraction of sp³-hybridized carbons (Fsp3) is 0.762. The zero-order valence-corrected chi connectivity index (χ0v) is 15.8. The number of anilines is 1. The molecule has 0 radical (unpaired) electrons. The fourth-order valence-electron chi connectivity index (χ4n) is 6.56. The normalized spacial score (nSPS) is 36.3. The monoisotopic (exact) mass is 354 g/mol. The Bertz CT molecular complexity index is 642. The van der Waals surface area contributed by atoms with E-state index in [0.29, 0.717) is 5.91 Å². The fourth-order valence-corrected chi connectivity index (χ4v) is 6.56. The molecule has 0 unspecified atom stereocenters. The summed E-state index contributed by atoms with van der Waals surface area (Å²) < 4.78 is 0. The van der Waals surface area contributed by atoms with Gasteiger partial charge in [0, 0.05) is 24.5 Å². The molecule has 0 atom stereocenters. The summed E-state index contributed by atoms with van der Waals surface area (Å²) in [7, 11) is 0. The Balaban J connectivity index is 1.19. The van der Waals surface area contributed by atoms with Gasteiger partial charge in [-0.3, -0.25) is 4.79 Å². The lowest BCUT2D eigenvalue weighted by Gasteiger charge is -2.57. The zero-order valence-electron chi connectivity index (χ0n) is 15.8. The van der Waals surface area contributed by atoms with E-state index in [9.17, 15) is 4.79 Å². The minimum atomic E-state index is 0.144. The summed E-state index contributed by atoms with van der Waals surface area (Å²) in [6.07, 6.45) is 9.83. The van der Waals surface area contributed by atoms with Crippen molar-refractivity contribution < 1.29 is 4.79 Å². The van der Waals surface area contributed by atoms with Crippen molar-refractivity contribution in [3.8, 4) is 0 Å². The van der Waals surface area contributed by atoms with Gasteiger partial charge in [-0.25, -0.2) is 0 Å². The highest BCUT2D eigenvalue weighted by molar-refractivity contribution is 5.80. The lowest BCUT2D eigenvalue weighted by molar-refractivity contribution is -0.131. The number of nitrogens with zero attached hydrogens (tertiary/aromatic N) is 3. The molecule has 1 aliphatic heterocycles. The first-order valence-corrected chi connectivity index (χ1v) is 10.5. The number of piperidine rings is 1. The molecule has 1 aromatic heterocycles. The standard InChI is InChI=1S/C21H30N4O/c1-14-2-3-19(24-23-14)25-6-4-18(5-7-25)20(26)22-21-11-15-8-16(12-21)10-17(9-15)13-21/h2-3,15-18H,4-13H2,1H3,(H,22,26). The molecule has 5 fully saturated rings. The maximum Gasteiger partial charge on any atom is 0.223 e. The third kappa shape index (κ3) is 2.99. The number of hydrogen-bond donors (Lipinski definition) is 1. The first-order valence-electron chi connectivity index (χ1n) is 10.5. The number of nitrogens with one attached hydrogen (secondary N) is 1. The maximum absolute atomic E-state index is 13.0. The molecule has 5 heteroatoms. The number of rotatable bonds is 3. The molecule has 1 N–H and O–H groups in total. The summed E-state index contributed by atoms with van der Waals surface area (Å²) in [5.74, 6) is 4.06. The van der Waals surface area contributed by atoms with Crippen molar-refractivity contribution in [2.45, 2.75) is 63.8 Å². The van der Waals surface area contributed by atoms with Crippen LogP contribution < -0.4 is 10.2 Å². The van der Waals surface area contributed by atoms with E-state index in [0.717, 1.165) is 55.2 Å². The highest BCUT2D eigenvalue weighted by atomic mass is 16.2. The van der Waals surface area contributed by atoms with E-state index < -0.39 is 0 Å². The third-order valence-electron chi connectivity index (χ3n) is 7.40. The molecule has 4 saturated carbocycles. The summed E-state index contributed by atoms with van der Waals surface area (Å²) in [5.41, 5.74) is 1.09. The molecule has 26 heavy (non-hydrogen) atoms. The Morgan fingerprint density at radius 1 is 1.04 bits per heavy atom. The van der Waals surface area contributed by atoms with Gasteiger partial charge in [-0.15, -0.1) is 5.10 Å². The van der Waals surface area contributed by atoms with Gasteiger partial charge in [0.2, 0.25) is 5.91 Å². The minimum absolute atomic E-state index is 0.144. The van der Waals surface area contributed by atoms with Gasteiger partial charge in [-0.05, 0) is 88.2 Å². The van der Waals surface area contributed by atoms with Gasteiger partial charge >= 0.3 is 0 Å². The molecular weight excluding hydrogens is 324 g/mol. The highest BCUT2D eigenvalue weighted by Crippen LogP contribution is 2.55. The van der Waals surface area contributed by atoms with E-state index >= 15 is 0 Å². The summed E-state index contributed by atoms with van der Waals surface area (Å²) >= 11 is 0. The SMILES string of the molecule is Cc1ccc(N2CCC(C(=O)NC34CC5CC(CC(C5)C3)C4)CC2)nn1. The molecule has 2 heterocycles. The van der Waals surface area contributed by atoms with Gasteiger partial charge in [0.05, 0.1) is 5.69 Å². The van der Waals surface area contributed by atoms with Gasteiger partial charge in [0.15, 0.2) is 5.82 Å². The lowest BCUT2D eigenvalue weighted by atomic mass is 9.53. The number of aromatic nitrogens is 2. The molecule has 140 valence electrons. The second-order valence-corrected chi connectivity index (χ2v) is 9.48. The maximum atomic E-state index is 13.0. The summed E-state index contributed by atoms with van der Waals surface area (Å²) in [6.45, 7) is 3.76. The van der Waals surface area contributed by atoms with E-state index in [1.807, 2.05) is 19.1 Å². The Hall–Kier alpha value is -1.65. The molecule has 4 aliphatic carbocycles. The summed E-state index contributed by atoms with van der Waals surface area (Å²) in [4.78, 5) is 15.3. The molecule has 0 aromatic carbocycles. The van der Waals surface area contributed by atoms with Crippen molar-refractivity contribution in [1.82, 2.24) is 15.5 Å². The predicted octanol–water partition coefficient (Wildman–Crippen LogP) is 3.09. The van der Waals surface area contributed by atoms with Gasteiger partial charge < -0.3 is 10.2 Å². The van der Waals surface area contributed by atoms with Crippen LogP contribution in [0, 0.1) is 30.6 Å². The summed E-state index contributed by atoms with van der Waals surface area (Å²) in [5, 5.41) is 12.0. The smallest absolute Gasteiger partial charge is 0.223 e. The number of carbonyl (C=O) groups excluding carboxylic acids is 1. The van der Waals surface area contributed by atoms with Crippen molar-refractivity contribution in [3.63, 3.8) is 0 Å². The van der Waals surface area contributed by atoms with Crippen LogP contribution in [-0.4, -0.2) is 34.7 Å². The average molecular weight is 354 g/mol. The average Bonchev–Trinajstić information content (AvgIpc) is 2.61.